The van der Waals surface area contributed by atoms with Gasteiger partial charge in [0.15, 0.2) is 0 Å². The van der Waals surface area contributed by atoms with Crippen LogP contribution in [0.15, 0.2) is 18.2 Å². The highest BCUT2D eigenvalue weighted by Gasteiger charge is 2.28. The van der Waals surface area contributed by atoms with Crippen molar-refractivity contribution >= 4 is 24.0 Å². The zero-order chi connectivity index (χ0) is 17.7. The van der Waals surface area contributed by atoms with Crippen molar-refractivity contribution in [2.75, 3.05) is 19.6 Å². The molecule has 1 heterocycles. The number of hydrogen-bond acceptors (Lipinski definition) is 1. The molecule has 3 rings (SSSR count). The van der Waals surface area contributed by atoms with Crippen molar-refractivity contribution < 1.29 is 0 Å². The molecule has 1 saturated heterocycles. The molecule has 0 aromatic heterocycles. The van der Waals surface area contributed by atoms with Crippen molar-refractivity contribution in [3.63, 3.8) is 0 Å². The first kappa shape index (κ1) is 21.6. The fourth-order valence-electron chi connectivity index (χ4n) is 4.19. The number of benzene rings is 1. The predicted molar refractivity (Wildman–Crippen MR) is 115 cm³/mol. The standard InChI is InChI=1S/C23H32ClN.ClH/c1-23(2)13-11-20(12-14-23)21-10-9-19(18-22(21)24)8-7-17-25-15-5-3-4-6-16-25;/h9-10,18,20H,3-6,11-17H2,1-2H3;1H. The molecule has 1 nitrogen and oxygen atoms in total. The van der Waals surface area contributed by atoms with Crippen LogP contribution in [-0.2, 0) is 0 Å². The van der Waals surface area contributed by atoms with Crippen LogP contribution in [-0.4, -0.2) is 24.5 Å². The van der Waals surface area contributed by atoms with Crippen molar-refractivity contribution in [2.24, 2.45) is 5.41 Å². The average molecular weight is 394 g/mol. The Labute approximate surface area is 171 Å². The molecule has 0 amide bonds. The summed E-state index contributed by atoms with van der Waals surface area (Å²) < 4.78 is 0. The lowest BCUT2D eigenvalue weighted by atomic mass is 9.71. The van der Waals surface area contributed by atoms with Crippen LogP contribution in [0.2, 0.25) is 5.02 Å². The van der Waals surface area contributed by atoms with Gasteiger partial charge in [-0.05, 0) is 80.6 Å². The highest BCUT2D eigenvalue weighted by Crippen LogP contribution is 2.44. The van der Waals surface area contributed by atoms with Crippen molar-refractivity contribution in [1.82, 2.24) is 4.90 Å². The van der Waals surface area contributed by atoms with Crippen molar-refractivity contribution in [2.45, 2.75) is 71.1 Å². The van der Waals surface area contributed by atoms with E-state index in [2.05, 4.69) is 48.8 Å². The van der Waals surface area contributed by atoms with E-state index in [1.165, 1.54) is 70.0 Å². The van der Waals surface area contributed by atoms with E-state index < -0.39 is 0 Å². The van der Waals surface area contributed by atoms with Gasteiger partial charge in [-0.15, -0.1) is 12.4 Å². The number of rotatable bonds is 2. The molecular formula is C23H33Cl2N. The molecule has 3 heteroatoms. The monoisotopic (exact) mass is 393 g/mol. The summed E-state index contributed by atoms with van der Waals surface area (Å²) in [6.45, 7) is 8.05. The maximum Gasteiger partial charge on any atom is 0.0605 e. The summed E-state index contributed by atoms with van der Waals surface area (Å²) in [4.78, 5) is 2.49. The summed E-state index contributed by atoms with van der Waals surface area (Å²) in [5, 5.41) is 0.909. The minimum Gasteiger partial charge on any atom is -0.292 e. The Hall–Kier alpha value is -0.680. The van der Waals surface area contributed by atoms with Gasteiger partial charge < -0.3 is 0 Å². The molecule has 2 fully saturated rings. The summed E-state index contributed by atoms with van der Waals surface area (Å²) in [5.41, 5.74) is 2.89. The summed E-state index contributed by atoms with van der Waals surface area (Å²) in [5.74, 6) is 7.30. The second-order valence-corrected chi connectivity index (χ2v) is 9.07. The van der Waals surface area contributed by atoms with E-state index >= 15 is 0 Å². The molecule has 144 valence electrons. The average Bonchev–Trinajstić information content (AvgIpc) is 2.84. The van der Waals surface area contributed by atoms with Crippen LogP contribution >= 0.6 is 24.0 Å². The molecular weight excluding hydrogens is 361 g/mol. The van der Waals surface area contributed by atoms with Gasteiger partial charge in [-0.2, -0.15) is 0 Å². The molecule has 26 heavy (non-hydrogen) atoms. The lowest BCUT2D eigenvalue weighted by Crippen LogP contribution is -2.24. The predicted octanol–water partition coefficient (Wildman–Crippen LogP) is 6.67. The number of nitrogens with zero attached hydrogens (tertiary/aromatic N) is 1. The first-order valence-corrected chi connectivity index (χ1v) is 10.4. The van der Waals surface area contributed by atoms with E-state index in [1.54, 1.807) is 0 Å². The Kier molecular flexibility index (Phi) is 8.34. The second-order valence-electron chi connectivity index (χ2n) is 8.67. The minimum atomic E-state index is 0. The normalized spacial score (nSPS) is 21.2. The topological polar surface area (TPSA) is 3.24 Å². The largest absolute Gasteiger partial charge is 0.292 e. The highest BCUT2D eigenvalue weighted by atomic mass is 35.5. The summed E-state index contributed by atoms with van der Waals surface area (Å²) in [6, 6.07) is 6.46. The molecule has 1 aliphatic carbocycles. The van der Waals surface area contributed by atoms with Gasteiger partial charge >= 0.3 is 0 Å². The maximum atomic E-state index is 6.60. The maximum absolute atomic E-state index is 6.60. The molecule has 0 N–H and O–H groups in total. The van der Waals surface area contributed by atoms with Crippen LogP contribution in [0.3, 0.4) is 0 Å². The summed E-state index contributed by atoms with van der Waals surface area (Å²) in [6.07, 6.45) is 10.5. The van der Waals surface area contributed by atoms with Crippen LogP contribution in [0.5, 0.6) is 0 Å². The number of halogens is 2. The molecule has 1 saturated carbocycles. The third-order valence-electron chi connectivity index (χ3n) is 6.01. The molecule has 0 atom stereocenters. The zero-order valence-electron chi connectivity index (χ0n) is 16.3. The van der Waals surface area contributed by atoms with Gasteiger partial charge in [0.05, 0.1) is 6.54 Å². The van der Waals surface area contributed by atoms with Gasteiger partial charge in [0.1, 0.15) is 0 Å². The highest BCUT2D eigenvalue weighted by molar-refractivity contribution is 6.31. The number of likely N-dealkylation sites (tertiary alicyclic amines) is 1. The SMILES string of the molecule is CC1(C)CCC(c2ccc(C#CCN3CCCCCC3)cc2Cl)CC1.Cl. The Morgan fingerprint density at radius 1 is 1.08 bits per heavy atom. The van der Waals surface area contributed by atoms with Crippen LogP contribution in [0, 0.1) is 17.3 Å². The van der Waals surface area contributed by atoms with Crippen LogP contribution in [0.4, 0.5) is 0 Å². The molecule has 0 radical (unpaired) electrons. The van der Waals surface area contributed by atoms with Gasteiger partial charge in [-0.25, -0.2) is 0 Å². The van der Waals surface area contributed by atoms with Crippen LogP contribution < -0.4 is 0 Å². The summed E-state index contributed by atoms with van der Waals surface area (Å²) >= 11 is 6.60. The molecule has 1 aliphatic heterocycles. The van der Waals surface area contributed by atoms with Crippen molar-refractivity contribution in [3.8, 4) is 11.8 Å². The summed E-state index contributed by atoms with van der Waals surface area (Å²) in [7, 11) is 0. The molecule has 1 aromatic rings. The smallest absolute Gasteiger partial charge is 0.0605 e. The molecule has 1 aromatic carbocycles. The zero-order valence-corrected chi connectivity index (χ0v) is 17.9. The number of hydrogen-bond donors (Lipinski definition) is 0. The Morgan fingerprint density at radius 3 is 2.35 bits per heavy atom. The minimum absolute atomic E-state index is 0. The third kappa shape index (κ3) is 6.19. The second kappa shape index (κ2) is 10.0. The molecule has 2 aliphatic rings. The fourth-order valence-corrected chi connectivity index (χ4v) is 4.53. The molecule has 0 unspecified atom stereocenters. The molecule has 0 bridgehead atoms. The van der Waals surface area contributed by atoms with Gasteiger partial charge in [0.2, 0.25) is 0 Å². The molecule has 0 spiro atoms. The first-order chi connectivity index (χ1) is 12.0. The Balaban J connectivity index is 0.00000243. The van der Waals surface area contributed by atoms with E-state index in [9.17, 15) is 0 Å². The van der Waals surface area contributed by atoms with Gasteiger partial charge in [-0.1, -0.05) is 56.2 Å². The Morgan fingerprint density at radius 2 is 1.73 bits per heavy atom. The van der Waals surface area contributed by atoms with Gasteiger partial charge in [-0.3, -0.25) is 4.90 Å². The lowest BCUT2D eigenvalue weighted by Gasteiger charge is -2.34. The Bertz CT molecular complexity index is 623. The van der Waals surface area contributed by atoms with Crippen molar-refractivity contribution in [3.05, 3.63) is 34.3 Å². The van der Waals surface area contributed by atoms with Gasteiger partial charge in [0.25, 0.3) is 0 Å². The van der Waals surface area contributed by atoms with Crippen LogP contribution in [0.1, 0.15) is 82.3 Å². The lowest BCUT2D eigenvalue weighted by molar-refractivity contribution is 0.224. The van der Waals surface area contributed by atoms with E-state index in [0.29, 0.717) is 11.3 Å². The van der Waals surface area contributed by atoms with Crippen LogP contribution in [0.25, 0.3) is 0 Å². The van der Waals surface area contributed by atoms with Gasteiger partial charge in [0, 0.05) is 10.6 Å². The quantitative estimate of drug-likeness (QED) is 0.506. The first-order valence-electron chi connectivity index (χ1n) is 10.0. The van der Waals surface area contributed by atoms with E-state index in [4.69, 9.17) is 11.6 Å². The third-order valence-corrected chi connectivity index (χ3v) is 6.34. The van der Waals surface area contributed by atoms with E-state index in [0.717, 1.165) is 17.1 Å². The van der Waals surface area contributed by atoms with E-state index in [1.807, 2.05) is 0 Å². The fraction of sp³-hybridized carbons (Fsp3) is 0.652. The van der Waals surface area contributed by atoms with Crippen molar-refractivity contribution in [1.29, 1.82) is 0 Å². The van der Waals surface area contributed by atoms with E-state index in [-0.39, 0.29) is 12.4 Å².